The standard InChI is InChI=1S/C21H29NO4/c1-25-18-4-2-3-15-9-14-26-21(19(15)18)10-12-22(13-11-21)20(24)16-5-7-17(23)8-6-16/h2-4,16-17,23H,5-14H2,1H3. The van der Waals surface area contributed by atoms with E-state index in [1.165, 1.54) is 11.1 Å². The Kier molecular flexibility index (Phi) is 4.93. The van der Waals surface area contributed by atoms with Crippen molar-refractivity contribution in [2.24, 2.45) is 5.92 Å². The molecule has 0 atom stereocenters. The Hall–Kier alpha value is -1.59. The molecule has 5 nitrogen and oxygen atoms in total. The van der Waals surface area contributed by atoms with Crippen molar-refractivity contribution in [1.29, 1.82) is 0 Å². The minimum Gasteiger partial charge on any atom is -0.496 e. The summed E-state index contributed by atoms with van der Waals surface area (Å²) in [5.41, 5.74) is 2.19. The van der Waals surface area contributed by atoms with E-state index in [4.69, 9.17) is 9.47 Å². The Morgan fingerprint density at radius 3 is 2.65 bits per heavy atom. The van der Waals surface area contributed by atoms with Crippen LogP contribution in [0.15, 0.2) is 18.2 Å². The number of nitrogens with zero attached hydrogens (tertiary/aromatic N) is 1. The third-order valence-electron chi connectivity index (χ3n) is 6.47. The quantitative estimate of drug-likeness (QED) is 0.882. The predicted octanol–water partition coefficient (Wildman–Crippen LogP) is 2.64. The summed E-state index contributed by atoms with van der Waals surface area (Å²) < 4.78 is 11.9. The van der Waals surface area contributed by atoms with E-state index in [0.717, 1.165) is 70.4 Å². The average Bonchev–Trinajstić information content (AvgIpc) is 2.68. The van der Waals surface area contributed by atoms with Gasteiger partial charge in [0.25, 0.3) is 0 Å². The lowest BCUT2D eigenvalue weighted by Crippen LogP contribution is -2.50. The van der Waals surface area contributed by atoms with E-state index in [-0.39, 0.29) is 23.5 Å². The smallest absolute Gasteiger partial charge is 0.225 e. The molecule has 4 rings (SSSR count). The first kappa shape index (κ1) is 17.8. The first-order valence-electron chi connectivity index (χ1n) is 9.90. The highest BCUT2D eigenvalue weighted by Crippen LogP contribution is 2.46. The molecule has 0 bridgehead atoms. The average molecular weight is 359 g/mol. The van der Waals surface area contributed by atoms with Gasteiger partial charge >= 0.3 is 0 Å². The Balaban J connectivity index is 1.48. The summed E-state index contributed by atoms with van der Waals surface area (Å²) in [6.45, 7) is 2.19. The summed E-state index contributed by atoms with van der Waals surface area (Å²) in [4.78, 5) is 14.9. The molecule has 1 aromatic carbocycles. The van der Waals surface area contributed by atoms with Crippen molar-refractivity contribution in [2.45, 2.75) is 56.7 Å². The molecular weight excluding hydrogens is 330 g/mol. The number of aliphatic hydroxyl groups excluding tert-OH is 1. The van der Waals surface area contributed by atoms with Crippen LogP contribution in [0.4, 0.5) is 0 Å². The van der Waals surface area contributed by atoms with Crippen molar-refractivity contribution in [3.05, 3.63) is 29.3 Å². The van der Waals surface area contributed by atoms with Gasteiger partial charge in [-0.2, -0.15) is 0 Å². The van der Waals surface area contributed by atoms with Gasteiger partial charge < -0.3 is 19.5 Å². The van der Waals surface area contributed by atoms with Gasteiger partial charge in [-0.15, -0.1) is 0 Å². The molecular formula is C21H29NO4. The lowest BCUT2D eigenvalue weighted by atomic mass is 9.78. The number of aliphatic hydroxyl groups is 1. The zero-order chi connectivity index (χ0) is 18.1. The minimum absolute atomic E-state index is 0.0848. The number of benzene rings is 1. The molecule has 0 radical (unpaired) electrons. The number of carbonyl (C=O) groups is 1. The first-order chi connectivity index (χ1) is 12.6. The largest absolute Gasteiger partial charge is 0.496 e. The van der Waals surface area contributed by atoms with Crippen LogP contribution < -0.4 is 4.74 Å². The fourth-order valence-corrected chi connectivity index (χ4v) is 4.96. The number of carbonyl (C=O) groups excluding carboxylic acids is 1. The molecule has 5 heteroatoms. The molecule has 3 aliphatic rings. The van der Waals surface area contributed by atoms with Crippen LogP contribution in [0, 0.1) is 5.92 Å². The number of hydrogen-bond donors (Lipinski definition) is 1. The molecule has 0 unspecified atom stereocenters. The highest BCUT2D eigenvalue weighted by atomic mass is 16.5. The van der Waals surface area contributed by atoms with Crippen LogP contribution in [0.3, 0.4) is 0 Å². The summed E-state index contributed by atoms with van der Waals surface area (Å²) in [7, 11) is 1.72. The molecule has 1 N–H and O–H groups in total. The van der Waals surface area contributed by atoms with Crippen LogP contribution in [0.1, 0.15) is 49.7 Å². The van der Waals surface area contributed by atoms with Crippen molar-refractivity contribution < 1.29 is 19.4 Å². The lowest BCUT2D eigenvalue weighted by molar-refractivity contribution is -0.146. The lowest BCUT2D eigenvalue weighted by Gasteiger charge is -2.46. The zero-order valence-electron chi connectivity index (χ0n) is 15.6. The van der Waals surface area contributed by atoms with E-state index in [1.807, 2.05) is 17.0 Å². The van der Waals surface area contributed by atoms with Gasteiger partial charge in [0, 0.05) is 24.6 Å². The maximum absolute atomic E-state index is 12.9. The van der Waals surface area contributed by atoms with Gasteiger partial charge in [-0.05, 0) is 56.6 Å². The SMILES string of the molecule is COc1cccc2c1C1(CCN(C(=O)C3CCC(O)CC3)CC1)OCC2. The third-order valence-corrected chi connectivity index (χ3v) is 6.47. The zero-order valence-corrected chi connectivity index (χ0v) is 15.6. The molecule has 26 heavy (non-hydrogen) atoms. The molecule has 1 aromatic rings. The van der Waals surface area contributed by atoms with Crippen molar-refractivity contribution >= 4 is 5.91 Å². The highest BCUT2D eigenvalue weighted by molar-refractivity contribution is 5.79. The second-order valence-electron chi connectivity index (χ2n) is 7.92. The van der Waals surface area contributed by atoms with Crippen LogP contribution in [0.5, 0.6) is 5.75 Å². The summed E-state index contributed by atoms with van der Waals surface area (Å²) in [6.07, 6.45) is 5.47. The summed E-state index contributed by atoms with van der Waals surface area (Å²) in [6, 6.07) is 6.24. The maximum Gasteiger partial charge on any atom is 0.225 e. The fourth-order valence-electron chi connectivity index (χ4n) is 4.96. The number of piperidine rings is 1. The van der Waals surface area contributed by atoms with Crippen LogP contribution >= 0.6 is 0 Å². The maximum atomic E-state index is 12.9. The van der Waals surface area contributed by atoms with Crippen molar-refractivity contribution in [2.75, 3.05) is 26.8 Å². The van der Waals surface area contributed by atoms with Crippen molar-refractivity contribution in [3.63, 3.8) is 0 Å². The van der Waals surface area contributed by atoms with E-state index >= 15 is 0 Å². The number of rotatable bonds is 2. The van der Waals surface area contributed by atoms with Crippen LogP contribution in [-0.2, 0) is 21.6 Å². The van der Waals surface area contributed by atoms with E-state index in [0.29, 0.717) is 0 Å². The molecule has 2 fully saturated rings. The molecule has 1 aliphatic carbocycles. The second-order valence-corrected chi connectivity index (χ2v) is 7.92. The fraction of sp³-hybridized carbons (Fsp3) is 0.667. The van der Waals surface area contributed by atoms with Crippen LogP contribution in [0.25, 0.3) is 0 Å². The minimum atomic E-state index is -0.320. The number of hydrogen-bond acceptors (Lipinski definition) is 4. The monoisotopic (exact) mass is 359 g/mol. The molecule has 2 heterocycles. The molecule has 1 amide bonds. The van der Waals surface area contributed by atoms with E-state index in [1.54, 1.807) is 7.11 Å². The molecule has 1 spiro atoms. The topological polar surface area (TPSA) is 59.0 Å². The van der Waals surface area contributed by atoms with Gasteiger partial charge in [-0.25, -0.2) is 0 Å². The van der Waals surface area contributed by atoms with Gasteiger partial charge in [-0.3, -0.25) is 4.79 Å². The summed E-state index contributed by atoms with van der Waals surface area (Å²) in [5.74, 6) is 1.26. The normalized spacial score (nSPS) is 27.8. The van der Waals surface area contributed by atoms with Crippen molar-refractivity contribution in [1.82, 2.24) is 4.90 Å². The number of ether oxygens (including phenoxy) is 2. The number of fused-ring (bicyclic) bond motifs is 2. The summed E-state index contributed by atoms with van der Waals surface area (Å²) in [5, 5.41) is 9.67. The van der Waals surface area contributed by atoms with Crippen molar-refractivity contribution in [3.8, 4) is 5.75 Å². The molecule has 1 saturated heterocycles. The Morgan fingerprint density at radius 1 is 1.23 bits per heavy atom. The van der Waals surface area contributed by atoms with E-state index in [2.05, 4.69) is 6.07 Å². The Bertz CT molecular complexity index is 644. The number of likely N-dealkylation sites (tertiary alicyclic amines) is 1. The van der Waals surface area contributed by atoms with Gasteiger partial charge in [0.2, 0.25) is 5.91 Å². The van der Waals surface area contributed by atoms with Gasteiger partial charge in [0.05, 0.1) is 19.8 Å². The molecule has 1 saturated carbocycles. The van der Waals surface area contributed by atoms with E-state index < -0.39 is 0 Å². The predicted molar refractivity (Wildman–Crippen MR) is 98.1 cm³/mol. The van der Waals surface area contributed by atoms with Gasteiger partial charge in [0.15, 0.2) is 0 Å². The molecule has 142 valence electrons. The Labute approximate surface area is 155 Å². The molecule has 2 aliphatic heterocycles. The Morgan fingerprint density at radius 2 is 1.96 bits per heavy atom. The second kappa shape index (κ2) is 7.20. The number of methoxy groups -OCH3 is 1. The van der Waals surface area contributed by atoms with Gasteiger partial charge in [-0.1, -0.05) is 12.1 Å². The highest BCUT2D eigenvalue weighted by Gasteiger charge is 2.44. The van der Waals surface area contributed by atoms with Crippen LogP contribution in [0.2, 0.25) is 0 Å². The molecule has 0 aromatic heterocycles. The first-order valence-corrected chi connectivity index (χ1v) is 9.90. The third kappa shape index (κ3) is 3.12. The van der Waals surface area contributed by atoms with Gasteiger partial charge in [0.1, 0.15) is 11.4 Å². The summed E-state index contributed by atoms with van der Waals surface area (Å²) >= 11 is 0. The van der Waals surface area contributed by atoms with E-state index in [9.17, 15) is 9.90 Å². The number of amides is 1. The van der Waals surface area contributed by atoms with Crippen LogP contribution in [-0.4, -0.2) is 48.8 Å².